The van der Waals surface area contributed by atoms with Crippen LogP contribution in [-0.4, -0.2) is 29.4 Å². The van der Waals surface area contributed by atoms with E-state index >= 15 is 0 Å². The molecule has 0 aliphatic heterocycles. The Morgan fingerprint density at radius 1 is 1.50 bits per heavy atom. The summed E-state index contributed by atoms with van der Waals surface area (Å²) in [7, 11) is 1.66. The smallest absolute Gasteiger partial charge is 0.257 e. The normalized spacial score (nSPS) is 10.3. The first kappa shape index (κ1) is 14.5. The van der Waals surface area contributed by atoms with Gasteiger partial charge >= 0.3 is 0 Å². The summed E-state index contributed by atoms with van der Waals surface area (Å²) in [5.41, 5.74) is 0.0370. The van der Waals surface area contributed by atoms with E-state index in [-0.39, 0.29) is 17.3 Å². The summed E-state index contributed by atoms with van der Waals surface area (Å²) < 4.78 is 14.2. The monoisotopic (exact) mass is 293 g/mol. The topological polar surface area (TPSA) is 45.2 Å². The number of carbonyl (C=O) groups excluding carboxylic acids is 1. The van der Waals surface area contributed by atoms with Crippen LogP contribution < -0.4 is 5.32 Å². The zero-order chi connectivity index (χ0) is 14.5. The van der Waals surface area contributed by atoms with Crippen LogP contribution in [0.15, 0.2) is 29.8 Å². The van der Waals surface area contributed by atoms with Gasteiger partial charge in [0, 0.05) is 24.7 Å². The molecule has 0 aliphatic rings. The number of nitrogens with zero attached hydrogens (tertiary/aromatic N) is 2. The number of pyridine rings is 1. The van der Waals surface area contributed by atoms with E-state index in [1.807, 2.05) is 24.4 Å². The molecule has 0 unspecified atom stereocenters. The predicted molar refractivity (Wildman–Crippen MR) is 78.5 cm³/mol. The molecule has 20 heavy (non-hydrogen) atoms. The molecular weight excluding hydrogens is 277 g/mol. The molecule has 6 heteroatoms. The van der Waals surface area contributed by atoms with Crippen LogP contribution in [0.25, 0.3) is 0 Å². The van der Waals surface area contributed by atoms with Crippen molar-refractivity contribution in [1.82, 2.24) is 9.88 Å². The van der Waals surface area contributed by atoms with Crippen molar-refractivity contribution >= 4 is 23.1 Å². The van der Waals surface area contributed by atoms with E-state index in [0.29, 0.717) is 13.1 Å². The minimum atomic E-state index is -0.600. The Morgan fingerprint density at radius 2 is 2.30 bits per heavy atom. The fourth-order valence-corrected chi connectivity index (χ4v) is 2.57. The van der Waals surface area contributed by atoms with E-state index in [4.69, 9.17) is 0 Å². The van der Waals surface area contributed by atoms with Crippen LogP contribution in [0.1, 0.15) is 22.2 Å². The average molecular weight is 293 g/mol. The van der Waals surface area contributed by atoms with E-state index in [0.717, 1.165) is 4.88 Å². The Balaban J connectivity index is 2.18. The highest BCUT2D eigenvalue weighted by atomic mass is 32.1. The van der Waals surface area contributed by atoms with Gasteiger partial charge in [0.1, 0.15) is 0 Å². The summed E-state index contributed by atoms with van der Waals surface area (Å²) in [5, 5.41) is 4.75. The third kappa shape index (κ3) is 3.14. The van der Waals surface area contributed by atoms with Gasteiger partial charge < -0.3 is 10.2 Å². The van der Waals surface area contributed by atoms with Crippen LogP contribution in [0.4, 0.5) is 10.2 Å². The molecule has 2 aromatic heterocycles. The lowest BCUT2D eigenvalue weighted by Crippen LogP contribution is -2.27. The summed E-state index contributed by atoms with van der Waals surface area (Å²) >= 11 is 1.57. The minimum absolute atomic E-state index is 0.0370. The van der Waals surface area contributed by atoms with Gasteiger partial charge in [0.2, 0.25) is 0 Å². The molecule has 0 bridgehead atoms. The van der Waals surface area contributed by atoms with Gasteiger partial charge in [-0.1, -0.05) is 6.07 Å². The maximum atomic E-state index is 14.2. The number of amides is 1. The second-order valence-corrected chi connectivity index (χ2v) is 5.32. The van der Waals surface area contributed by atoms with Crippen LogP contribution in [0.2, 0.25) is 0 Å². The highest BCUT2D eigenvalue weighted by Gasteiger charge is 2.19. The number of aromatic nitrogens is 1. The van der Waals surface area contributed by atoms with Crippen LogP contribution in [-0.2, 0) is 6.54 Å². The van der Waals surface area contributed by atoms with Gasteiger partial charge in [-0.2, -0.15) is 0 Å². The maximum absolute atomic E-state index is 14.2. The number of carbonyl (C=O) groups is 1. The summed E-state index contributed by atoms with van der Waals surface area (Å²) in [6.07, 6.45) is 1.44. The van der Waals surface area contributed by atoms with Crippen molar-refractivity contribution in [2.24, 2.45) is 0 Å². The highest BCUT2D eigenvalue weighted by Crippen LogP contribution is 2.18. The second kappa shape index (κ2) is 6.47. The van der Waals surface area contributed by atoms with E-state index in [9.17, 15) is 9.18 Å². The number of rotatable bonds is 5. The fraction of sp³-hybridized carbons (Fsp3) is 0.286. The van der Waals surface area contributed by atoms with Crippen molar-refractivity contribution in [2.75, 3.05) is 18.9 Å². The summed E-state index contributed by atoms with van der Waals surface area (Å²) in [6, 6.07) is 5.28. The lowest BCUT2D eigenvalue weighted by molar-refractivity contribution is 0.0781. The first-order valence-electron chi connectivity index (χ1n) is 6.29. The number of hydrogen-bond acceptors (Lipinski definition) is 4. The average Bonchev–Trinajstić information content (AvgIpc) is 2.93. The molecule has 1 amide bonds. The molecule has 1 N–H and O–H groups in total. The van der Waals surface area contributed by atoms with Gasteiger partial charge in [0.05, 0.1) is 12.1 Å². The number of hydrogen-bond donors (Lipinski definition) is 1. The predicted octanol–water partition coefficient (Wildman–Crippen LogP) is 2.99. The molecule has 0 saturated heterocycles. The van der Waals surface area contributed by atoms with Gasteiger partial charge in [-0.15, -0.1) is 11.3 Å². The lowest BCUT2D eigenvalue weighted by atomic mass is 10.2. The Labute approximate surface area is 121 Å². The summed E-state index contributed by atoms with van der Waals surface area (Å²) in [5.74, 6) is -0.835. The highest BCUT2D eigenvalue weighted by molar-refractivity contribution is 7.09. The van der Waals surface area contributed by atoms with Crippen LogP contribution in [0.3, 0.4) is 0 Å². The van der Waals surface area contributed by atoms with Gasteiger partial charge in [0.25, 0.3) is 5.91 Å². The number of thiophene rings is 1. The quantitative estimate of drug-likeness (QED) is 0.921. The molecule has 0 atom stereocenters. The van der Waals surface area contributed by atoms with E-state index in [1.54, 1.807) is 18.4 Å². The lowest BCUT2D eigenvalue weighted by Gasteiger charge is -2.17. The van der Waals surface area contributed by atoms with Crippen molar-refractivity contribution in [1.29, 1.82) is 0 Å². The zero-order valence-electron chi connectivity index (χ0n) is 11.4. The Hall–Kier alpha value is -1.95. The molecule has 0 radical (unpaired) electrons. The summed E-state index contributed by atoms with van der Waals surface area (Å²) in [4.78, 5) is 18.7. The third-order valence-electron chi connectivity index (χ3n) is 2.78. The molecule has 0 spiro atoms. The van der Waals surface area contributed by atoms with E-state index in [2.05, 4.69) is 10.3 Å². The van der Waals surface area contributed by atoms with Crippen molar-refractivity contribution in [3.05, 3.63) is 46.0 Å². The molecule has 2 rings (SSSR count). The number of halogens is 1. The SMILES string of the molecule is CCNc1nccc(C(=O)N(C)Cc2cccs2)c1F. The van der Waals surface area contributed by atoms with E-state index < -0.39 is 5.82 Å². The molecule has 106 valence electrons. The molecule has 4 nitrogen and oxygen atoms in total. The van der Waals surface area contributed by atoms with Crippen LogP contribution in [0.5, 0.6) is 0 Å². The maximum Gasteiger partial charge on any atom is 0.257 e. The summed E-state index contributed by atoms with van der Waals surface area (Å²) in [6.45, 7) is 2.86. The molecule has 0 fully saturated rings. The first-order valence-corrected chi connectivity index (χ1v) is 7.17. The number of anilines is 1. The van der Waals surface area contributed by atoms with Crippen LogP contribution >= 0.6 is 11.3 Å². The largest absolute Gasteiger partial charge is 0.368 e. The zero-order valence-corrected chi connectivity index (χ0v) is 12.2. The fourth-order valence-electron chi connectivity index (χ4n) is 1.81. The van der Waals surface area contributed by atoms with E-state index in [1.165, 1.54) is 17.2 Å². The van der Waals surface area contributed by atoms with Gasteiger partial charge in [-0.05, 0) is 24.4 Å². The molecule has 0 saturated carbocycles. The molecular formula is C14H16FN3OS. The molecule has 2 aromatic rings. The molecule has 0 aromatic carbocycles. The van der Waals surface area contributed by atoms with Crippen molar-refractivity contribution < 1.29 is 9.18 Å². The van der Waals surface area contributed by atoms with Crippen molar-refractivity contribution in [3.63, 3.8) is 0 Å². The molecule has 2 heterocycles. The Kier molecular flexibility index (Phi) is 4.68. The van der Waals surface area contributed by atoms with Gasteiger partial charge in [-0.25, -0.2) is 9.37 Å². The number of nitrogens with one attached hydrogen (secondary N) is 1. The Morgan fingerprint density at radius 3 is 2.95 bits per heavy atom. The van der Waals surface area contributed by atoms with Crippen molar-refractivity contribution in [2.45, 2.75) is 13.5 Å². The van der Waals surface area contributed by atoms with Gasteiger partial charge in [-0.3, -0.25) is 4.79 Å². The standard InChI is InChI=1S/C14H16FN3OS/c1-3-16-13-12(15)11(6-7-17-13)14(19)18(2)9-10-5-4-8-20-10/h4-8H,3,9H2,1-2H3,(H,16,17). The second-order valence-electron chi connectivity index (χ2n) is 4.29. The van der Waals surface area contributed by atoms with Gasteiger partial charge in [0.15, 0.2) is 11.6 Å². The first-order chi connectivity index (χ1) is 9.63. The third-order valence-corrected chi connectivity index (χ3v) is 3.64. The van der Waals surface area contributed by atoms with Crippen LogP contribution in [0, 0.1) is 5.82 Å². The Bertz CT molecular complexity index is 586. The minimum Gasteiger partial charge on any atom is -0.368 e. The molecule has 0 aliphatic carbocycles. The van der Waals surface area contributed by atoms with Crippen molar-refractivity contribution in [3.8, 4) is 0 Å².